The van der Waals surface area contributed by atoms with Gasteiger partial charge in [0.1, 0.15) is 6.04 Å². The number of aromatic nitrogens is 2. The highest BCUT2D eigenvalue weighted by Crippen LogP contribution is 2.32. The fraction of sp³-hybridized carbons (Fsp3) is 0.379. The molecule has 2 aromatic carbocycles. The summed E-state index contributed by atoms with van der Waals surface area (Å²) in [7, 11) is 0. The van der Waals surface area contributed by atoms with Crippen LogP contribution in [0.1, 0.15) is 54.2 Å². The van der Waals surface area contributed by atoms with Crippen molar-refractivity contribution in [2.24, 2.45) is 0 Å². The molecule has 3 atom stereocenters. The summed E-state index contributed by atoms with van der Waals surface area (Å²) in [6.07, 6.45) is 2.50. The van der Waals surface area contributed by atoms with E-state index in [0.29, 0.717) is 47.6 Å². The van der Waals surface area contributed by atoms with E-state index in [-0.39, 0.29) is 17.9 Å². The molecule has 1 saturated heterocycles. The molecule has 0 aliphatic carbocycles. The normalized spacial score (nSPS) is 17.8. The molecule has 5 rings (SSSR count). The average Bonchev–Trinajstić information content (AvgIpc) is 3.28. The minimum Gasteiger partial charge on any atom is -0.391 e. The molecule has 0 spiro atoms. The lowest BCUT2D eigenvalue weighted by Gasteiger charge is -2.28. The Balaban J connectivity index is 1.32. The van der Waals surface area contributed by atoms with E-state index in [1.165, 1.54) is 4.90 Å². The summed E-state index contributed by atoms with van der Waals surface area (Å²) < 4.78 is 5.42. The van der Waals surface area contributed by atoms with Gasteiger partial charge in [-0.15, -0.1) is 0 Å². The molecule has 3 aromatic rings. The molecule has 0 saturated carbocycles. The van der Waals surface area contributed by atoms with Crippen LogP contribution >= 0.6 is 11.6 Å². The van der Waals surface area contributed by atoms with Crippen molar-refractivity contribution < 1.29 is 19.4 Å². The van der Waals surface area contributed by atoms with Gasteiger partial charge in [0.25, 0.3) is 5.91 Å². The van der Waals surface area contributed by atoms with Crippen molar-refractivity contribution in [2.45, 2.75) is 57.5 Å². The smallest absolute Gasteiger partial charge is 0.255 e. The quantitative estimate of drug-likeness (QED) is 0.389. The van der Waals surface area contributed by atoms with E-state index >= 15 is 0 Å². The summed E-state index contributed by atoms with van der Waals surface area (Å²) in [4.78, 5) is 37.1. The Bertz CT molecular complexity index is 1350. The molecule has 39 heavy (non-hydrogen) atoms. The second-order valence-corrected chi connectivity index (χ2v) is 10.4. The largest absolute Gasteiger partial charge is 0.391 e. The lowest BCUT2D eigenvalue weighted by atomic mass is 10.0. The Morgan fingerprint density at radius 1 is 1.15 bits per heavy atom. The molecule has 1 aromatic heterocycles. The second kappa shape index (κ2) is 11.7. The molecular formula is C29H32ClN5O4. The standard InChI is InChI=1S/C29H32ClN5O4/c1-17(27(37)33-25(18(2)36)19-6-4-3-5-7-19)35-16-21-9-8-20(14-23(21)28(35)38)26-24(30)15-31-29(34-26)32-22-10-12-39-13-11-22/h3-9,14-15,17-18,22,25,36H,10-13,16H2,1-2H3,(H,33,37)(H,31,32,34)/t17-,18+,25-/m1/s1. The number of ether oxygens (including phenoxy) is 1. The Hall–Kier alpha value is -3.53. The van der Waals surface area contributed by atoms with Gasteiger partial charge in [0, 0.05) is 36.9 Å². The van der Waals surface area contributed by atoms with Crippen LogP contribution < -0.4 is 10.6 Å². The van der Waals surface area contributed by atoms with Crippen LogP contribution in [-0.4, -0.2) is 63.2 Å². The van der Waals surface area contributed by atoms with Gasteiger partial charge in [-0.25, -0.2) is 9.97 Å². The topological polar surface area (TPSA) is 117 Å². The number of carbonyl (C=O) groups excluding carboxylic acids is 2. The molecule has 10 heteroatoms. The minimum absolute atomic E-state index is 0.228. The molecule has 204 valence electrons. The number of aliphatic hydroxyl groups excluding tert-OH is 1. The first-order valence-electron chi connectivity index (χ1n) is 13.2. The molecule has 1 fully saturated rings. The third kappa shape index (κ3) is 5.90. The first kappa shape index (κ1) is 27.1. The van der Waals surface area contributed by atoms with Gasteiger partial charge in [0.05, 0.1) is 29.1 Å². The van der Waals surface area contributed by atoms with Crippen molar-refractivity contribution in [3.63, 3.8) is 0 Å². The first-order chi connectivity index (χ1) is 18.8. The SMILES string of the molecule is C[C@H](O)[C@@H](NC(=O)[C@@H](C)N1Cc2ccc(-c3nc(NC4CCOCC4)ncc3Cl)cc2C1=O)c1ccccc1. The minimum atomic E-state index is -0.805. The van der Waals surface area contributed by atoms with Gasteiger partial charge in [-0.2, -0.15) is 0 Å². The Morgan fingerprint density at radius 3 is 2.62 bits per heavy atom. The summed E-state index contributed by atoms with van der Waals surface area (Å²) in [5.74, 6) is -0.103. The number of hydrogen-bond acceptors (Lipinski definition) is 7. The lowest BCUT2D eigenvalue weighted by Crippen LogP contribution is -2.47. The first-order valence-corrected chi connectivity index (χ1v) is 13.5. The van der Waals surface area contributed by atoms with E-state index in [4.69, 9.17) is 16.3 Å². The van der Waals surface area contributed by atoms with Crippen molar-refractivity contribution in [3.05, 3.63) is 76.4 Å². The number of fused-ring (bicyclic) bond motifs is 1. The number of aliphatic hydroxyl groups is 1. The van der Waals surface area contributed by atoms with Crippen LogP contribution in [0.2, 0.25) is 5.02 Å². The molecule has 2 amide bonds. The van der Waals surface area contributed by atoms with Crippen LogP contribution in [0.15, 0.2) is 54.7 Å². The number of amides is 2. The average molecular weight is 550 g/mol. The second-order valence-electron chi connectivity index (χ2n) is 10.0. The van der Waals surface area contributed by atoms with Gasteiger partial charge in [0.2, 0.25) is 11.9 Å². The van der Waals surface area contributed by atoms with Crippen molar-refractivity contribution >= 4 is 29.4 Å². The molecule has 0 bridgehead atoms. The summed E-state index contributed by atoms with van der Waals surface area (Å²) in [6.45, 7) is 5.03. The van der Waals surface area contributed by atoms with Crippen LogP contribution in [0.3, 0.4) is 0 Å². The van der Waals surface area contributed by atoms with Crippen LogP contribution in [0.5, 0.6) is 0 Å². The van der Waals surface area contributed by atoms with Gasteiger partial charge in [-0.1, -0.05) is 54.1 Å². The maximum Gasteiger partial charge on any atom is 0.255 e. The molecule has 9 nitrogen and oxygen atoms in total. The predicted octanol–water partition coefficient (Wildman–Crippen LogP) is 3.97. The predicted molar refractivity (Wildman–Crippen MR) is 148 cm³/mol. The summed E-state index contributed by atoms with van der Waals surface area (Å²) in [5.41, 5.74) is 3.35. The van der Waals surface area contributed by atoms with Crippen LogP contribution in [0.4, 0.5) is 5.95 Å². The van der Waals surface area contributed by atoms with Crippen LogP contribution in [0.25, 0.3) is 11.3 Å². The molecule has 3 heterocycles. The molecule has 2 aliphatic heterocycles. The fourth-order valence-corrected chi connectivity index (χ4v) is 5.21. The highest BCUT2D eigenvalue weighted by molar-refractivity contribution is 6.33. The van der Waals surface area contributed by atoms with Crippen LogP contribution in [-0.2, 0) is 16.1 Å². The number of halogens is 1. The fourth-order valence-electron chi connectivity index (χ4n) is 5.01. The third-order valence-electron chi connectivity index (χ3n) is 7.30. The van der Waals surface area contributed by atoms with Gasteiger partial charge in [-0.3, -0.25) is 9.59 Å². The van der Waals surface area contributed by atoms with Crippen molar-refractivity contribution in [3.8, 4) is 11.3 Å². The highest BCUT2D eigenvalue weighted by atomic mass is 35.5. The van der Waals surface area contributed by atoms with Gasteiger partial charge >= 0.3 is 0 Å². The summed E-state index contributed by atoms with van der Waals surface area (Å²) in [6, 6.07) is 13.7. The number of rotatable bonds is 8. The molecule has 0 unspecified atom stereocenters. The van der Waals surface area contributed by atoms with Crippen LogP contribution in [0, 0.1) is 0 Å². The van der Waals surface area contributed by atoms with Crippen molar-refractivity contribution in [1.29, 1.82) is 0 Å². The number of nitrogens with one attached hydrogen (secondary N) is 2. The Morgan fingerprint density at radius 2 is 1.90 bits per heavy atom. The third-order valence-corrected chi connectivity index (χ3v) is 7.58. The van der Waals surface area contributed by atoms with Crippen molar-refractivity contribution in [1.82, 2.24) is 20.2 Å². The maximum absolute atomic E-state index is 13.4. The number of hydrogen-bond donors (Lipinski definition) is 3. The van der Waals surface area contributed by atoms with E-state index in [9.17, 15) is 14.7 Å². The van der Waals surface area contributed by atoms with Crippen molar-refractivity contribution in [2.75, 3.05) is 18.5 Å². The molecule has 0 radical (unpaired) electrons. The van der Waals surface area contributed by atoms with E-state index in [1.807, 2.05) is 42.5 Å². The number of nitrogens with zero attached hydrogens (tertiary/aromatic N) is 3. The number of carbonyl (C=O) groups is 2. The Kier molecular flexibility index (Phi) is 8.11. The zero-order valence-electron chi connectivity index (χ0n) is 21.9. The summed E-state index contributed by atoms with van der Waals surface area (Å²) >= 11 is 6.46. The Labute approximate surface area is 232 Å². The van der Waals surface area contributed by atoms with E-state index < -0.39 is 18.2 Å². The molecule has 3 N–H and O–H groups in total. The van der Waals surface area contributed by atoms with Gasteiger partial charge in [0.15, 0.2) is 0 Å². The van der Waals surface area contributed by atoms with E-state index in [2.05, 4.69) is 20.6 Å². The summed E-state index contributed by atoms with van der Waals surface area (Å²) in [5, 5.41) is 16.9. The zero-order valence-corrected chi connectivity index (χ0v) is 22.7. The van der Waals surface area contributed by atoms with Gasteiger partial charge < -0.3 is 25.4 Å². The van der Waals surface area contributed by atoms with E-state index in [0.717, 1.165) is 24.0 Å². The maximum atomic E-state index is 13.4. The molecule has 2 aliphatic rings. The van der Waals surface area contributed by atoms with E-state index in [1.54, 1.807) is 26.1 Å². The van der Waals surface area contributed by atoms with Gasteiger partial charge in [-0.05, 0) is 43.9 Å². The highest BCUT2D eigenvalue weighted by Gasteiger charge is 2.35. The molecular weight excluding hydrogens is 518 g/mol. The monoisotopic (exact) mass is 549 g/mol. The number of anilines is 1. The lowest BCUT2D eigenvalue weighted by molar-refractivity contribution is -0.126. The zero-order chi connectivity index (χ0) is 27.5. The number of benzene rings is 2.